The van der Waals surface area contributed by atoms with Crippen LogP contribution in [-0.4, -0.2) is 41.9 Å². The fraction of sp³-hybridized carbons (Fsp3) is 0.733. The zero-order chi connectivity index (χ0) is 15.5. The molecule has 1 aromatic heterocycles. The van der Waals surface area contributed by atoms with E-state index < -0.39 is 0 Å². The van der Waals surface area contributed by atoms with Crippen molar-refractivity contribution in [3.05, 3.63) is 17.5 Å². The van der Waals surface area contributed by atoms with Crippen molar-refractivity contribution in [3.8, 4) is 0 Å². The number of amides is 2. The lowest BCUT2D eigenvalue weighted by Gasteiger charge is -2.26. The van der Waals surface area contributed by atoms with Crippen molar-refractivity contribution in [1.29, 1.82) is 0 Å². The molecule has 1 saturated heterocycles. The average Bonchev–Trinajstić information content (AvgIpc) is 3.06. The third-order valence-electron chi connectivity index (χ3n) is 4.04. The summed E-state index contributed by atoms with van der Waals surface area (Å²) in [6.07, 6.45) is 2.68. The Morgan fingerprint density at radius 1 is 1.62 bits per heavy atom. The van der Waals surface area contributed by atoms with Gasteiger partial charge in [0.15, 0.2) is 5.76 Å². The van der Waals surface area contributed by atoms with Crippen LogP contribution in [-0.2, 0) is 4.74 Å². The first-order valence-corrected chi connectivity index (χ1v) is 7.46. The number of hydrogen-bond acceptors (Lipinski definition) is 4. The molecule has 1 N–H and O–H groups in total. The quantitative estimate of drug-likeness (QED) is 0.906. The minimum Gasteiger partial charge on any atom is -0.379 e. The van der Waals surface area contributed by atoms with Crippen LogP contribution in [0.25, 0.3) is 0 Å². The van der Waals surface area contributed by atoms with Crippen LogP contribution in [0, 0.1) is 6.92 Å². The van der Waals surface area contributed by atoms with E-state index in [0.717, 1.165) is 37.3 Å². The number of methoxy groups -OCH3 is 1. The van der Waals surface area contributed by atoms with Crippen LogP contribution in [0.4, 0.5) is 4.79 Å². The second kappa shape index (κ2) is 6.47. The molecule has 0 aliphatic carbocycles. The molecular weight excluding hydrogens is 270 g/mol. The number of nitrogens with one attached hydrogen (secondary N) is 1. The molecule has 0 saturated carbocycles. The van der Waals surface area contributed by atoms with Crippen molar-refractivity contribution in [2.24, 2.45) is 0 Å². The number of urea groups is 1. The summed E-state index contributed by atoms with van der Waals surface area (Å²) < 4.78 is 10.7. The smallest absolute Gasteiger partial charge is 0.318 e. The number of hydrogen-bond donors (Lipinski definition) is 1. The number of aromatic nitrogens is 1. The highest BCUT2D eigenvalue weighted by Crippen LogP contribution is 2.32. The minimum absolute atomic E-state index is 0.00151. The summed E-state index contributed by atoms with van der Waals surface area (Å²) in [5, 5.41) is 6.88. The van der Waals surface area contributed by atoms with Gasteiger partial charge < -0.3 is 19.5 Å². The van der Waals surface area contributed by atoms with Gasteiger partial charge in [0, 0.05) is 26.3 Å². The van der Waals surface area contributed by atoms with E-state index >= 15 is 0 Å². The zero-order valence-electron chi connectivity index (χ0n) is 13.3. The Morgan fingerprint density at radius 3 is 3.00 bits per heavy atom. The molecule has 2 rings (SSSR count). The first-order valence-electron chi connectivity index (χ1n) is 7.46. The van der Waals surface area contributed by atoms with E-state index in [0.29, 0.717) is 6.54 Å². The summed E-state index contributed by atoms with van der Waals surface area (Å²) in [5.41, 5.74) is 0.624. The van der Waals surface area contributed by atoms with E-state index in [9.17, 15) is 4.79 Å². The molecule has 6 nitrogen and oxygen atoms in total. The van der Waals surface area contributed by atoms with Crippen molar-refractivity contribution in [2.45, 2.75) is 51.7 Å². The summed E-state index contributed by atoms with van der Waals surface area (Å²) in [6, 6.07) is 1.87. The van der Waals surface area contributed by atoms with Crippen LogP contribution in [0.3, 0.4) is 0 Å². The van der Waals surface area contributed by atoms with Gasteiger partial charge in [0.25, 0.3) is 0 Å². The van der Waals surface area contributed by atoms with Crippen LogP contribution >= 0.6 is 0 Å². The summed E-state index contributed by atoms with van der Waals surface area (Å²) in [4.78, 5) is 14.2. The largest absolute Gasteiger partial charge is 0.379 e. The average molecular weight is 295 g/mol. The predicted octanol–water partition coefficient (Wildman–Crippen LogP) is 2.64. The van der Waals surface area contributed by atoms with Gasteiger partial charge >= 0.3 is 6.03 Å². The minimum atomic E-state index is -0.222. The van der Waals surface area contributed by atoms with Crippen molar-refractivity contribution in [3.63, 3.8) is 0 Å². The molecule has 0 radical (unpaired) electrons. The highest BCUT2D eigenvalue weighted by molar-refractivity contribution is 5.75. The SMILES string of the molecule is COC(C)(C)CCNC(=O)N1CCCC1c1cc(C)no1. The lowest BCUT2D eigenvalue weighted by Crippen LogP contribution is -2.41. The number of carbonyl (C=O) groups is 1. The topological polar surface area (TPSA) is 67.6 Å². The Bertz CT molecular complexity index is 484. The first-order chi connectivity index (χ1) is 9.93. The molecule has 118 valence electrons. The lowest BCUT2D eigenvalue weighted by atomic mass is 10.1. The highest BCUT2D eigenvalue weighted by atomic mass is 16.5. The molecular formula is C15H25N3O3. The van der Waals surface area contributed by atoms with Crippen molar-refractivity contribution in [1.82, 2.24) is 15.4 Å². The van der Waals surface area contributed by atoms with E-state index in [-0.39, 0.29) is 17.7 Å². The van der Waals surface area contributed by atoms with E-state index in [1.165, 1.54) is 0 Å². The second-order valence-corrected chi connectivity index (χ2v) is 6.17. The Morgan fingerprint density at radius 2 is 2.38 bits per heavy atom. The first kappa shape index (κ1) is 15.8. The summed E-state index contributed by atoms with van der Waals surface area (Å²) >= 11 is 0. The van der Waals surface area contributed by atoms with Gasteiger partial charge in [0.05, 0.1) is 17.3 Å². The van der Waals surface area contributed by atoms with Gasteiger partial charge in [0.2, 0.25) is 0 Å². The number of carbonyl (C=O) groups excluding carboxylic acids is 1. The van der Waals surface area contributed by atoms with Gasteiger partial charge in [-0.3, -0.25) is 0 Å². The molecule has 1 aliphatic heterocycles. The normalized spacial score (nSPS) is 19.0. The monoisotopic (exact) mass is 295 g/mol. The summed E-state index contributed by atoms with van der Waals surface area (Å²) in [7, 11) is 1.69. The molecule has 2 amide bonds. The third-order valence-corrected chi connectivity index (χ3v) is 4.04. The molecule has 21 heavy (non-hydrogen) atoms. The molecule has 0 spiro atoms. The van der Waals surface area contributed by atoms with Crippen LogP contribution in [0.2, 0.25) is 0 Å². The third kappa shape index (κ3) is 3.97. The van der Waals surface area contributed by atoms with E-state index in [2.05, 4.69) is 10.5 Å². The maximum Gasteiger partial charge on any atom is 0.318 e. The van der Waals surface area contributed by atoms with Gasteiger partial charge in [-0.05, 0) is 40.0 Å². The predicted molar refractivity (Wildman–Crippen MR) is 79.0 cm³/mol. The fourth-order valence-corrected chi connectivity index (χ4v) is 2.52. The summed E-state index contributed by atoms with van der Waals surface area (Å²) in [5.74, 6) is 0.775. The van der Waals surface area contributed by atoms with Gasteiger partial charge in [-0.25, -0.2) is 4.79 Å². The van der Waals surface area contributed by atoms with Gasteiger partial charge in [0.1, 0.15) is 0 Å². The maximum atomic E-state index is 12.3. The number of likely N-dealkylation sites (tertiary alicyclic amines) is 1. The molecule has 1 atom stereocenters. The van der Waals surface area contributed by atoms with E-state index in [1.807, 2.05) is 31.7 Å². The molecule has 0 bridgehead atoms. The van der Waals surface area contributed by atoms with Gasteiger partial charge in [-0.2, -0.15) is 0 Å². The Kier molecular flexibility index (Phi) is 4.88. The molecule has 0 aromatic carbocycles. The number of rotatable bonds is 5. The Balaban J connectivity index is 1.89. The molecule has 1 aliphatic rings. The Hall–Kier alpha value is -1.56. The van der Waals surface area contributed by atoms with Crippen LogP contribution in [0.5, 0.6) is 0 Å². The van der Waals surface area contributed by atoms with E-state index in [1.54, 1.807) is 7.11 Å². The molecule has 1 fully saturated rings. The number of aryl methyl sites for hydroxylation is 1. The second-order valence-electron chi connectivity index (χ2n) is 6.17. The molecule has 1 unspecified atom stereocenters. The Labute approximate surface area is 125 Å². The summed E-state index contributed by atoms with van der Waals surface area (Å²) in [6.45, 7) is 7.26. The van der Waals surface area contributed by atoms with Crippen LogP contribution < -0.4 is 5.32 Å². The molecule has 1 aromatic rings. The number of ether oxygens (including phenoxy) is 1. The molecule has 6 heteroatoms. The van der Waals surface area contributed by atoms with E-state index in [4.69, 9.17) is 9.26 Å². The standard InChI is InChI=1S/C15H25N3O3/c1-11-10-13(21-17-11)12-6-5-9-18(12)14(19)16-8-7-15(2,3)20-4/h10,12H,5-9H2,1-4H3,(H,16,19). The zero-order valence-corrected chi connectivity index (χ0v) is 13.3. The number of nitrogens with zero attached hydrogens (tertiary/aromatic N) is 2. The highest BCUT2D eigenvalue weighted by Gasteiger charge is 2.32. The van der Waals surface area contributed by atoms with Gasteiger partial charge in [-0.15, -0.1) is 0 Å². The van der Waals surface area contributed by atoms with Gasteiger partial charge in [-0.1, -0.05) is 5.16 Å². The van der Waals surface area contributed by atoms with Crippen LogP contribution in [0.15, 0.2) is 10.6 Å². The van der Waals surface area contributed by atoms with Crippen molar-refractivity contribution in [2.75, 3.05) is 20.2 Å². The molecule has 2 heterocycles. The van der Waals surface area contributed by atoms with Crippen molar-refractivity contribution >= 4 is 6.03 Å². The fourth-order valence-electron chi connectivity index (χ4n) is 2.52. The van der Waals surface area contributed by atoms with Crippen LogP contribution in [0.1, 0.15) is 50.6 Å². The van der Waals surface area contributed by atoms with Crippen molar-refractivity contribution < 1.29 is 14.1 Å². The lowest BCUT2D eigenvalue weighted by molar-refractivity contribution is 0.0162. The maximum absolute atomic E-state index is 12.3.